The topological polar surface area (TPSA) is 286 Å². The molecule has 19 atom stereocenters. The highest BCUT2D eigenvalue weighted by Gasteiger charge is 2.53. The molecule has 1 saturated carbocycles. The largest absolute Gasteiger partial charge is 0.460 e. The number of cyclic esters (lactones) is 1. The van der Waals surface area contributed by atoms with E-state index in [1.807, 2.05) is 26.0 Å². The number of amides is 1. The summed E-state index contributed by atoms with van der Waals surface area (Å²) >= 11 is 0. The summed E-state index contributed by atoms with van der Waals surface area (Å²) in [5, 5.41) is 75.3. The van der Waals surface area contributed by atoms with Crippen molar-refractivity contribution in [1.82, 2.24) is 4.90 Å². The number of Topliss-reactive ketones (excluding diaryl/α,β-unsaturated/α-hetero) is 3. The highest BCUT2D eigenvalue weighted by Crippen LogP contribution is 2.38. The number of carbonyl (C=O) groups excluding carboxylic acids is 5. The molecule has 0 spiro atoms. The summed E-state index contributed by atoms with van der Waals surface area (Å²) in [5.41, 5.74) is 0.959. The third-order valence-electron chi connectivity index (χ3n) is 16.6. The van der Waals surface area contributed by atoms with Crippen molar-refractivity contribution in [2.24, 2.45) is 35.5 Å². The molecule has 2 saturated heterocycles. The number of piperidine rings is 1. The van der Waals surface area contributed by atoms with Crippen molar-refractivity contribution in [3.63, 3.8) is 0 Å². The fourth-order valence-corrected chi connectivity index (χ4v) is 11.4. The Morgan fingerprint density at radius 2 is 1.53 bits per heavy atom. The van der Waals surface area contributed by atoms with Crippen molar-refractivity contribution in [3.8, 4) is 0 Å². The van der Waals surface area contributed by atoms with Crippen LogP contribution in [0, 0.1) is 35.5 Å². The molecule has 3 fully saturated rings. The minimum Gasteiger partial charge on any atom is -0.460 e. The van der Waals surface area contributed by atoms with Gasteiger partial charge in [-0.2, -0.15) is 0 Å². The van der Waals surface area contributed by atoms with E-state index in [0.29, 0.717) is 56.1 Å². The molecule has 0 radical (unpaired) electrons. The normalized spacial score (nSPS) is 37.4. The Bertz CT molecular complexity index is 2060. The van der Waals surface area contributed by atoms with Crippen molar-refractivity contribution in [2.45, 2.75) is 218 Å². The van der Waals surface area contributed by atoms with Gasteiger partial charge in [0.05, 0.1) is 50.3 Å². The Morgan fingerprint density at radius 3 is 2.19 bits per heavy atom. The second-order valence-electron chi connectivity index (χ2n) is 22.8. The number of ketones is 3. The third-order valence-corrected chi connectivity index (χ3v) is 16.6. The van der Waals surface area contributed by atoms with Crippen LogP contribution >= 0.6 is 0 Å². The molecule has 7 N–H and O–H groups in total. The fraction of sp³-hybridized carbons (Fsp3) is 0.780. The van der Waals surface area contributed by atoms with Crippen LogP contribution in [0.2, 0.25) is 0 Å². The van der Waals surface area contributed by atoms with Gasteiger partial charge in [-0.15, -0.1) is 0 Å². The van der Waals surface area contributed by atoms with Crippen LogP contribution in [0.4, 0.5) is 0 Å². The summed E-state index contributed by atoms with van der Waals surface area (Å²) in [6, 6.07) is -1.23. The standard InChI is InChI=1S/C59H95NO18/c1-11-44(62)53(67)54(68)46(64)33-76-48-31-42-22-20-40(8)59(72,78-42)56(69)57(70)60-24-16-15-19-43(60)58(71)77-49(37(5)29-41-21-23-47(75-26-25-61)50(30-41)73-9)32-45(63)36(4)28-39(7)52(66)55(74-10)51(65)38(6)27-34(2)17-13-12-14-18-35(48)3/h12-14,17-18,28,34,36-38,40-44,46-50,52-55,61-62,64,66-68,72H,11,15-16,19-27,29-33H2,1-10H3/b14-12+,17-13+,35-18+,39-28+/t34-,36-,37-,38-,40-,41+,42+,43+,44?,46?,47-,48+,49+,50-,52-,53?,54?,55?,59-/m1/s1. The maximum Gasteiger partial charge on any atom is 0.329 e. The molecule has 4 rings (SSSR count). The first-order valence-corrected chi connectivity index (χ1v) is 28.4. The Kier molecular flexibility index (Phi) is 27.6. The zero-order valence-electron chi connectivity index (χ0n) is 47.9. The molecular formula is C59H95NO18. The SMILES string of the molecule is CCC(O)C(O)C(O)C(O)CO[C@H]1C[C@@H]2CC[C@@H](C)[C@@](O)(O2)C(=O)C(=O)N2CCCC[C@H]2C(=O)O[C@H]([C@H](C)C[C@@H]2CC[C@@H](OCCO)[C@H](OC)C2)CC(=O)[C@H](C)/C=C(\C)[C@@H](O)C(OC)C(=O)[C@H](C)C[C@H](C)/C=C/C=C/C=C/1C. The first kappa shape index (κ1) is 66.9. The van der Waals surface area contributed by atoms with Crippen LogP contribution in [0.25, 0.3) is 0 Å². The Morgan fingerprint density at radius 1 is 0.821 bits per heavy atom. The Balaban J connectivity index is 1.73. The molecule has 19 heteroatoms. The van der Waals surface area contributed by atoms with E-state index in [0.717, 1.165) is 11.3 Å². The van der Waals surface area contributed by atoms with Gasteiger partial charge in [-0.25, -0.2) is 4.79 Å². The summed E-state index contributed by atoms with van der Waals surface area (Å²) in [4.78, 5) is 72.9. The number of hydrogen-bond donors (Lipinski definition) is 7. The van der Waals surface area contributed by atoms with Crippen molar-refractivity contribution in [2.75, 3.05) is 40.6 Å². The van der Waals surface area contributed by atoms with Crippen molar-refractivity contribution in [1.29, 1.82) is 0 Å². The summed E-state index contributed by atoms with van der Waals surface area (Å²) in [7, 11) is 2.96. The zero-order valence-corrected chi connectivity index (χ0v) is 47.9. The monoisotopic (exact) mass is 1110 g/mol. The Labute approximate surface area is 462 Å². The molecule has 444 valence electrons. The number of esters is 1. The number of hydrogen-bond acceptors (Lipinski definition) is 18. The molecule has 0 aromatic rings. The second kappa shape index (κ2) is 32.2. The number of nitrogens with zero attached hydrogens (tertiary/aromatic N) is 1. The summed E-state index contributed by atoms with van der Waals surface area (Å²) in [6.45, 7) is 13.4. The van der Waals surface area contributed by atoms with Crippen LogP contribution in [0.15, 0.2) is 47.6 Å². The maximum atomic E-state index is 14.6. The van der Waals surface area contributed by atoms with Crippen LogP contribution in [-0.2, 0) is 52.4 Å². The van der Waals surface area contributed by atoms with Gasteiger partial charge in [0.25, 0.3) is 11.7 Å². The van der Waals surface area contributed by atoms with Crippen molar-refractivity contribution >= 4 is 29.2 Å². The number of aliphatic hydroxyl groups is 7. The van der Waals surface area contributed by atoms with Crippen LogP contribution in [0.1, 0.15) is 139 Å². The van der Waals surface area contributed by atoms with Gasteiger partial charge in [0.1, 0.15) is 48.4 Å². The van der Waals surface area contributed by atoms with E-state index >= 15 is 0 Å². The average Bonchev–Trinajstić information content (AvgIpc) is 3.46. The third kappa shape index (κ3) is 18.5. The lowest BCUT2D eigenvalue weighted by Gasteiger charge is -2.43. The number of carbonyl (C=O) groups is 5. The summed E-state index contributed by atoms with van der Waals surface area (Å²) in [5.74, 6) is -8.98. The number of rotatable bonds is 15. The van der Waals surface area contributed by atoms with E-state index in [-0.39, 0.29) is 87.5 Å². The number of aliphatic hydroxyl groups excluding tert-OH is 6. The van der Waals surface area contributed by atoms with E-state index < -0.39 is 115 Å². The average molecular weight is 1110 g/mol. The van der Waals surface area contributed by atoms with Crippen LogP contribution in [0.5, 0.6) is 0 Å². The van der Waals surface area contributed by atoms with E-state index in [2.05, 4.69) is 0 Å². The molecule has 4 aliphatic rings. The molecule has 3 heterocycles. The van der Waals surface area contributed by atoms with E-state index in [9.17, 15) is 59.7 Å². The first-order chi connectivity index (χ1) is 36.9. The highest BCUT2D eigenvalue weighted by atomic mass is 16.6. The summed E-state index contributed by atoms with van der Waals surface area (Å²) < 4.78 is 36.0. The predicted molar refractivity (Wildman–Crippen MR) is 289 cm³/mol. The Hall–Kier alpha value is -3.57. The molecule has 1 amide bonds. The molecular weight excluding hydrogens is 1010 g/mol. The molecule has 2 bridgehead atoms. The van der Waals surface area contributed by atoms with Gasteiger partial charge in [0, 0.05) is 51.4 Å². The summed E-state index contributed by atoms with van der Waals surface area (Å²) in [6.07, 6.45) is 3.12. The predicted octanol–water partition coefficient (Wildman–Crippen LogP) is 4.42. The number of allylic oxidation sites excluding steroid dienone is 6. The van der Waals surface area contributed by atoms with E-state index in [1.165, 1.54) is 7.11 Å². The van der Waals surface area contributed by atoms with Crippen LogP contribution in [0.3, 0.4) is 0 Å². The first-order valence-electron chi connectivity index (χ1n) is 28.4. The lowest BCUT2D eigenvalue weighted by atomic mass is 9.78. The lowest BCUT2D eigenvalue weighted by Crippen LogP contribution is -2.61. The molecule has 19 nitrogen and oxygen atoms in total. The smallest absolute Gasteiger partial charge is 0.329 e. The molecule has 1 aliphatic carbocycles. The molecule has 5 unspecified atom stereocenters. The van der Waals surface area contributed by atoms with Gasteiger partial charge in [-0.3, -0.25) is 19.2 Å². The number of fused-ring (bicyclic) bond motifs is 3. The van der Waals surface area contributed by atoms with Crippen LogP contribution in [-0.4, -0.2) is 189 Å². The van der Waals surface area contributed by atoms with Crippen molar-refractivity contribution in [3.05, 3.63) is 47.6 Å². The second-order valence-corrected chi connectivity index (χ2v) is 22.8. The maximum absolute atomic E-state index is 14.6. The number of ether oxygens (including phenoxy) is 6. The van der Waals surface area contributed by atoms with Gasteiger partial charge in [0.15, 0.2) is 5.78 Å². The minimum absolute atomic E-state index is 0.00421. The molecule has 3 aliphatic heterocycles. The molecule has 78 heavy (non-hydrogen) atoms. The van der Waals surface area contributed by atoms with Gasteiger partial charge in [-0.05, 0) is 113 Å². The quantitative estimate of drug-likeness (QED) is 0.0679. The fourth-order valence-electron chi connectivity index (χ4n) is 11.4. The van der Waals surface area contributed by atoms with Gasteiger partial charge in [-0.1, -0.05) is 78.0 Å². The number of methoxy groups -OCH3 is 2. The van der Waals surface area contributed by atoms with Crippen LogP contribution < -0.4 is 0 Å². The lowest BCUT2D eigenvalue weighted by molar-refractivity contribution is -0.266. The van der Waals surface area contributed by atoms with E-state index in [4.69, 9.17) is 28.4 Å². The zero-order chi connectivity index (χ0) is 58.0. The van der Waals surface area contributed by atoms with Gasteiger partial charge < -0.3 is 69.1 Å². The minimum atomic E-state index is -2.61. The van der Waals surface area contributed by atoms with E-state index in [1.54, 1.807) is 73.0 Å². The highest BCUT2D eigenvalue weighted by molar-refractivity contribution is 6.39. The molecule has 0 aromatic carbocycles. The van der Waals surface area contributed by atoms with Crippen molar-refractivity contribution < 1.29 is 88.1 Å². The molecule has 0 aromatic heterocycles. The van der Waals surface area contributed by atoms with Gasteiger partial charge >= 0.3 is 5.97 Å². The van der Waals surface area contributed by atoms with Gasteiger partial charge in [0.2, 0.25) is 5.79 Å².